The van der Waals surface area contributed by atoms with Crippen LogP contribution in [0.3, 0.4) is 0 Å². The second kappa shape index (κ2) is 5.07. The minimum Gasteiger partial charge on any atom is -0.480 e. The molecule has 0 atom stereocenters. The van der Waals surface area contributed by atoms with Crippen LogP contribution in [-0.4, -0.2) is 22.8 Å². The first-order valence-electron chi connectivity index (χ1n) is 1.10. The van der Waals surface area contributed by atoms with Gasteiger partial charge in [-0.05, 0) is 0 Å². The molecule has 0 amide bonds. The van der Waals surface area contributed by atoms with Gasteiger partial charge >= 0.3 is 5.97 Å². The van der Waals surface area contributed by atoms with Crippen LogP contribution in [0.15, 0.2) is 0 Å². The number of rotatable bonds is 1. The van der Waals surface area contributed by atoms with Gasteiger partial charge in [0.1, 0.15) is 6.61 Å². The summed E-state index contributed by atoms with van der Waals surface area (Å²) >= 11 is 0. The van der Waals surface area contributed by atoms with Gasteiger partial charge in [0.25, 0.3) is 0 Å². The van der Waals surface area contributed by atoms with Crippen molar-refractivity contribution in [3.8, 4) is 0 Å². The normalized spacial score (nSPS) is 6.17. The molecule has 0 saturated heterocycles. The predicted octanol–water partition coefficient (Wildman–Crippen LogP) is -0.939. The van der Waals surface area contributed by atoms with Crippen molar-refractivity contribution in [1.29, 1.82) is 0 Å². The molecular weight excluding hydrogens is 262 g/mol. The third kappa shape index (κ3) is 8.95. The van der Waals surface area contributed by atoms with Gasteiger partial charge in [0, 0.05) is 19.8 Å². The average Bonchev–Trinajstić information content (AvgIpc) is 1.38. The molecule has 0 aliphatic rings. The third-order valence-electron chi connectivity index (χ3n) is 0.135. The maximum Gasteiger partial charge on any atom is 0.329 e. The van der Waals surface area contributed by atoms with Crippen LogP contribution < -0.4 is 0 Å². The smallest absolute Gasteiger partial charge is 0.329 e. The van der Waals surface area contributed by atoms with Gasteiger partial charge in [0.15, 0.2) is 0 Å². The Bertz CT molecular complexity index is 44.1. The number of carboxylic acid groups (broad SMARTS) is 1. The first-order valence-corrected chi connectivity index (χ1v) is 1.10. The predicted molar refractivity (Wildman–Crippen MR) is 14.7 cm³/mol. The maximum atomic E-state index is 9.12. The first-order chi connectivity index (χ1) is 2.27. The van der Waals surface area contributed by atoms with Gasteiger partial charge < -0.3 is 10.2 Å². The van der Waals surface area contributed by atoms with Gasteiger partial charge in [-0.2, -0.15) is 0 Å². The number of carbonyl (C=O) groups is 1. The van der Waals surface area contributed by atoms with Crippen LogP contribution in [0.5, 0.6) is 0 Å². The first kappa shape index (κ1) is 9.42. The number of hydrogen-bond acceptors (Lipinski definition) is 2. The molecule has 0 spiro atoms. The van der Waals surface area contributed by atoms with Gasteiger partial charge in [0.05, 0.1) is 0 Å². The zero-order valence-corrected chi connectivity index (χ0v) is 5.40. The summed E-state index contributed by atoms with van der Waals surface area (Å²) in [5.41, 5.74) is 0. The quantitative estimate of drug-likeness (QED) is 0.644. The molecule has 0 aliphatic carbocycles. The fourth-order valence-electron chi connectivity index (χ4n) is 0. The SMILES string of the molecule is O=C(O)CO.[Os]. The molecule has 0 aromatic heterocycles. The summed E-state index contributed by atoms with van der Waals surface area (Å²) in [7, 11) is 0. The zero-order valence-electron chi connectivity index (χ0n) is 2.86. The molecule has 0 rings (SSSR count). The van der Waals surface area contributed by atoms with E-state index in [-0.39, 0.29) is 19.8 Å². The number of aliphatic hydroxyl groups excluding tert-OH is 1. The van der Waals surface area contributed by atoms with Crippen molar-refractivity contribution in [2.75, 3.05) is 6.61 Å². The Labute approximate surface area is 48.0 Å². The fourth-order valence-corrected chi connectivity index (χ4v) is 0. The van der Waals surface area contributed by atoms with E-state index in [1.54, 1.807) is 0 Å². The summed E-state index contributed by atoms with van der Waals surface area (Å²) in [6.45, 7) is -0.778. The van der Waals surface area contributed by atoms with Crippen LogP contribution in [0.25, 0.3) is 0 Å². The maximum absolute atomic E-state index is 9.12. The van der Waals surface area contributed by atoms with Crippen LogP contribution in [0.2, 0.25) is 0 Å². The van der Waals surface area contributed by atoms with E-state index in [0.717, 1.165) is 0 Å². The van der Waals surface area contributed by atoms with Crippen molar-refractivity contribution in [2.24, 2.45) is 0 Å². The summed E-state index contributed by atoms with van der Waals surface area (Å²) in [4.78, 5) is 9.12. The Morgan fingerprint density at radius 2 is 1.83 bits per heavy atom. The molecule has 0 aliphatic heterocycles. The summed E-state index contributed by atoms with van der Waals surface area (Å²) in [6, 6.07) is 0. The van der Waals surface area contributed by atoms with Crippen LogP contribution in [-0.2, 0) is 24.6 Å². The molecule has 0 bridgehead atoms. The van der Waals surface area contributed by atoms with E-state index in [0.29, 0.717) is 0 Å². The molecule has 0 aromatic rings. The van der Waals surface area contributed by atoms with Crippen LogP contribution >= 0.6 is 0 Å². The van der Waals surface area contributed by atoms with E-state index < -0.39 is 12.6 Å². The topological polar surface area (TPSA) is 57.5 Å². The summed E-state index contributed by atoms with van der Waals surface area (Å²) in [6.07, 6.45) is 0. The van der Waals surface area contributed by atoms with Crippen LogP contribution in [0.1, 0.15) is 0 Å². The van der Waals surface area contributed by atoms with E-state index in [2.05, 4.69) is 0 Å². The van der Waals surface area contributed by atoms with Crippen molar-refractivity contribution in [3.63, 3.8) is 0 Å². The van der Waals surface area contributed by atoms with Gasteiger partial charge in [-0.25, -0.2) is 4.79 Å². The van der Waals surface area contributed by atoms with Crippen molar-refractivity contribution in [2.45, 2.75) is 0 Å². The molecule has 4 heteroatoms. The average molecular weight is 266 g/mol. The van der Waals surface area contributed by atoms with E-state index in [1.807, 2.05) is 0 Å². The van der Waals surface area contributed by atoms with Crippen LogP contribution in [0, 0.1) is 0 Å². The van der Waals surface area contributed by atoms with E-state index in [1.165, 1.54) is 0 Å². The Kier molecular flexibility index (Phi) is 7.95. The fraction of sp³-hybridized carbons (Fsp3) is 0.500. The molecule has 2 N–H and O–H groups in total. The van der Waals surface area contributed by atoms with Gasteiger partial charge in [-0.15, -0.1) is 0 Å². The van der Waals surface area contributed by atoms with Crippen molar-refractivity contribution in [3.05, 3.63) is 0 Å². The molecule has 6 heavy (non-hydrogen) atoms. The minimum absolute atomic E-state index is 0. The Balaban J connectivity index is 0. The van der Waals surface area contributed by atoms with E-state index >= 15 is 0 Å². The Morgan fingerprint density at radius 1 is 1.67 bits per heavy atom. The van der Waals surface area contributed by atoms with Crippen molar-refractivity contribution in [1.82, 2.24) is 0 Å². The zero-order chi connectivity index (χ0) is 4.28. The number of aliphatic carboxylic acids is 1. The van der Waals surface area contributed by atoms with Crippen LogP contribution in [0.4, 0.5) is 0 Å². The van der Waals surface area contributed by atoms with E-state index in [9.17, 15) is 0 Å². The van der Waals surface area contributed by atoms with E-state index in [4.69, 9.17) is 15.0 Å². The Morgan fingerprint density at radius 3 is 1.83 bits per heavy atom. The molecular formula is C2H4O3Os. The minimum atomic E-state index is -1.19. The third-order valence-corrected chi connectivity index (χ3v) is 0.135. The second-order valence-corrected chi connectivity index (χ2v) is 0.552. The molecule has 38 valence electrons. The largest absolute Gasteiger partial charge is 0.480 e. The molecule has 0 saturated carbocycles. The molecule has 0 heterocycles. The van der Waals surface area contributed by atoms with Crippen molar-refractivity contribution >= 4 is 5.97 Å². The van der Waals surface area contributed by atoms with Gasteiger partial charge in [-0.3, -0.25) is 0 Å². The van der Waals surface area contributed by atoms with Gasteiger partial charge in [-0.1, -0.05) is 0 Å². The molecule has 0 aromatic carbocycles. The summed E-state index contributed by atoms with van der Waals surface area (Å²) in [5.74, 6) is -1.19. The van der Waals surface area contributed by atoms with Gasteiger partial charge in [0.2, 0.25) is 0 Å². The molecule has 0 radical (unpaired) electrons. The number of hydrogen-bond donors (Lipinski definition) is 2. The summed E-state index contributed by atoms with van der Waals surface area (Å²) < 4.78 is 0. The summed E-state index contributed by atoms with van der Waals surface area (Å²) in [5, 5.41) is 15.0. The number of aliphatic hydroxyl groups is 1. The second-order valence-electron chi connectivity index (χ2n) is 0.552. The molecule has 0 unspecified atom stereocenters. The molecule has 3 nitrogen and oxygen atoms in total. The Hall–Kier alpha value is 0.0664. The monoisotopic (exact) mass is 268 g/mol. The number of carboxylic acids is 1. The molecule has 0 fully saturated rings. The van der Waals surface area contributed by atoms with Crippen molar-refractivity contribution < 1.29 is 34.8 Å². The standard InChI is InChI=1S/C2H4O3.Os/c3-1-2(4)5;/h3H,1H2,(H,4,5);.